The van der Waals surface area contributed by atoms with Crippen LogP contribution in [0.3, 0.4) is 0 Å². The molecule has 0 bridgehead atoms. The van der Waals surface area contributed by atoms with Crippen LogP contribution < -0.4 is 21.9 Å². The number of carbonyl (C=O) groups is 1. The summed E-state index contributed by atoms with van der Waals surface area (Å²) in [5.74, 6) is -0.311. The van der Waals surface area contributed by atoms with Crippen molar-refractivity contribution in [3.8, 4) is 0 Å². The van der Waals surface area contributed by atoms with E-state index in [4.69, 9.17) is 4.74 Å². The molecule has 0 N–H and O–H groups in total. The molecule has 0 aromatic heterocycles. The van der Waals surface area contributed by atoms with Crippen molar-refractivity contribution in [2.45, 2.75) is 46.5 Å². The van der Waals surface area contributed by atoms with Crippen LogP contribution in [0.25, 0.3) is 0 Å². The number of ether oxygens (including phenoxy) is 1. The molecule has 0 heterocycles. The topological polar surface area (TPSA) is 26.3 Å². The quantitative estimate of drug-likeness (QED) is 0.0554. The zero-order valence-electron chi connectivity index (χ0n) is 26.5. The lowest BCUT2D eigenvalue weighted by atomic mass is 9.13. The number of quaternary nitrogens is 1. The van der Waals surface area contributed by atoms with E-state index < -0.39 is 6.15 Å². The Morgan fingerprint density at radius 3 is 1.21 bits per heavy atom. The van der Waals surface area contributed by atoms with Gasteiger partial charge in [0.25, 0.3) is 0 Å². The number of nitrogens with zero attached hydrogens (tertiary/aromatic N) is 1. The van der Waals surface area contributed by atoms with Crippen molar-refractivity contribution in [1.82, 2.24) is 0 Å². The van der Waals surface area contributed by atoms with Crippen molar-refractivity contribution >= 4 is 34.0 Å². The number of hydrogen-bond acceptors (Lipinski definition) is 2. The lowest BCUT2D eigenvalue weighted by Gasteiger charge is -2.44. The summed E-state index contributed by atoms with van der Waals surface area (Å²) in [6, 6.07) is 43.5. The molecule has 43 heavy (non-hydrogen) atoms. The van der Waals surface area contributed by atoms with Gasteiger partial charge in [0.05, 0.1) is 32.8 Å². The molecule has 0 amide bonds. The lowest BCUT2D eigenvalue weighted by molar-refractivity contribution is -0.928. The average molecular weight is 576 g/mol. The molecular formula is C39H50BNO2. The highest BCUT2D eigenvalue weighted by Gasteiger charge is 2.31. The Balaban J connectivity index is 0.000000251. The zero-order chi connectivity index (χ0) is 30.8. The van der Waals surface area contributed by atoms with Gasteiger partial charge in [-0.05, 0) is 19.3 Å². The van der Waals surface area contributed by atoms with E-state index in [2.05, 4.69) is 149 Å². The number of esters is 1. The third-order valence-electron chi connectivity index (χ3n) is 8.48. The highest BCUT2D eigenvalue weighted by atomic mass is 16.5. The highest BCUT2D eigenvalue weighted by Crippen LogP contribution is 2.13. The van der Waals surface area contributed by atoms with E-state index in [9.17, 15) is 4.79 Å². The average Bonchev–Trinajstić information content (AvgIpc) is 3.06. The largest absolute Gasteiger partial charge is 0.462 e. The number of rotatable bonds is 15. The van der Waals surface area contributed by atoms with Gasteiger partial charge in [0, 0.05) is 12.5 Å². The van der Waals surface area contributed by atoms with Crippen LogP contribution in [0.15, 0.2) is 134 Å². The number of benzene rings is 4. The number of carbonyl (C=O) groups excluding carboxylic acids is 1. The van der Waals surface area contributed by atoms with Crippen LogP contribution in [-0.4, -0.2) is 49.4 Å². The van der Waals surface area contributed by atoms with E-state index >= 15 is 0 Å². The summed E-state index contributed by atoms with van der Waals surface area (Å²) < 4.78 is 6.23. The maximum atomic E-state index is 11.0. The Bertz CT molecular complexity index is 1150. The lowest BCUT2D eigenvalue weighted by Crippen LogP contribution is -2.74. The summed E-state index contributed by atoms with van der Waals surface area (Å²) in [5, 5.41) is 0. The van der Waals surface area contributed by atoms with E-state index in [0.29, 0.717) is 6.61 Å². The van der Waals surface area contributed by atoms with E-state index in [1.165, 1.54) is 71.3 Å². The first-order valence-corrected chi connectivity index (χ1v) is 16.1. The minimum Gasteiger partial charge on any atom is -0.462 e. The highest BCUT2D eigenvalue weighted by molar-refractivity contribution is 7.19. The van der Waals surface area contributed by atoms with Gasteiger partial charge in [-0.15, -0.1) is 0 Å². The predicted molar refractivity (Wildman–Crippen MR) is 186 cm³/mol. The van der Waals surface area contributed by atoms with Crippen molar-refractivity contribution in [3.63, 3.8) is 0 Å². The van der Waals surface area contributed by atoms with Gasteiger partial charge in [-0.2, -0.15) is 21.9 Å². The summed E-state index contributed by atoms with van der Waals surface area (Å²) in [6.45, 7) is 15.5. The molecule has 4 rings (SSSR count). The zero-order valence-corrected chi connectivity index (χ0v) is 26.5. The summed E-state index contributed by atoms with van der Waals surface area (Å²) >= 11 is 0. The molecule has 0 saturated heterocycles. The van der Waals surface area contributed by atoms with Crippen LogP contribution in [0.4, 0.5) is 0 Å². The normalized spacial score (nSPS) is 11.2. The summed E-state index contributed by atoms with van der Waals surface area (Å²) in [5.41, 5.74) is 5.36. The van der Waals surface area contributed by atoms with Crippen molar-refractivity contribution in [2.24, 2.45) is 0 Å². The van der Waals surface area contributed by atoms with E-state index in [0.717, 1.165) is 13.0 Å². The Kier molecular flexibility index (Phi) is 14.0. The number of hydrogen-bond donors (Lipinski definition) is 0. The Morgan fingerprint density at radius 1 is 0.605 bits per heavy atom. The fraction of sp³-hybridized carbons (Fsp3) is 0.308. The third kappa shape index (κ3) is 9.05. The van der Waals surface area contributed by atoms with E-state index in [-0.39, 0.29) is 5.97 Å². The molecule has 0 aliphatic heterocycles. The molecule has 0 spiro atoms. The Labute approximate surface area is 260 Å². The SMILES string of the molecule is C=CC(=O)OCCC[N+](CCC)(CCC)CCC.c1ccc([B-](c2ccccc2)(c2ccccc2)c2ccccc2)cc1. The van der Waals surface area contributed by atoms with E-state index in [1.54, 1.807) is 0 Å². The molecule has 4 heteroatoms. The molecule has 226 valence electrons. The third-order valence-corrected chi connectivity index (χ3v) is 8.48. The van der Waals surface area contributed by atoms with E-state index in [1.807, 2.05) is 0 Å². The van der Waals surface area contributed by atoms with Crippen molar-refractivity contribution in [2.75, 3.05) is 32.8 Å². The van der Waals surface area contributed by atoms with Crippen LogP contribution in [0.5, 0.6) is 0 Å². The first-order valence-electron chi connectivity index (χ1n) is 16.1. The van der Waals surface area contributed by atoms with Gasteiger partial charge in [-0.3, -0.25) is 0 Å². The molecule has 4 aromatic carbocycles. The fourth-order valence-electron chi connectivity index (χ4n) is 6.85. The van der Waals surface area contributed by atoms with Gasteiger partial charge < -0.3 is 9.22 Å². The second-order valence-electron chi connectivity index (χ2n) is 11.5. The Morgan fingerprint density at radius 2 is 0.930 bits per heavy atom. The van der Waals surface area contributed by atoms with Gasteiger partial charge >= 0.3 is 5.97 Å². The van der Waals surface area contributed by atoms with Crippen LogP contribution in [0.1, 0.15) is 46.5 Å². The van der Waals surface area contributed by atoms with Crippen LogP contribution in [0.2, 0.25) is 0 Å². The van der Waals surface area contributed by atoms with Gasteiger partial charge in [0.2, 0.25) is 0 Å². The van der Waals surface area contributed by atoms with Crippen molar-refractivity contribution in [1.29, 1.82) is 0 Å². The smallest absolute Gasteiger partial charge is 0.330 e. The molecule has 0 aliphatic rings. The summed E-state index contributed by atoms with van der Waals surface area (Å²) in [4.78, 5) is 11.0. The molecule has 0 saturated carbocycles. The first kappa shape index (κ1) is 33.6. The van der Waals surface area contributed by atoms with Crippen molar-refractivity contribution in [3.05, 3.63) is 134 Å². The van der Waals surface area contributed by atoms with Gasteiger partial charge in [-0.25, -0.2) is 4.79 Å². The second-order valence-corrected chi connectivity index (χ2v) is 11.5. The molecule has 0 atom stereocenters. The van der Waals surface area contributed by atoms with Crippen LogP contribution in [0, 0.1) is 0 Å². The minimum absolute atomic E-state index is 0.311. The molecule has 0 radical (unpaired) electrons. The molecule has 0 unspecified atom stereocenters. The first-order chi connectivity index (χ1) is 21.1. The summed E-state index contributed by atoms with van der Waals surface area (Å²) in [7, 11) is 0. The minimum atomic E-state index is -1.22. The van der Waals surface area contributed by atoms with Crippen LogP contribution in [-0.2, 0) is 9.53 Å². The molecule has 0 aliphatic carbocycles. The Hall–Kier alpha value is -3.89. The molecule has 4 aromatic rings. The predicted octanol–water partition coefficient (Wildman–Crippen LogP) is 6.22. The van der Waals surface area contributed by atoms with Crippen LogP contribution >= 0.6 is 0 Å². The maximum Gasteiger partial charge on any atom is 0.330 e. The maximum absolute atomic E-state index is 11.0. The molecule has 3 nitrogen and oxygen atoms in total. The van der Waals surface area contributed by atoms with Gasteiger partial charge in [-0.1, -0.05) is 149 Å². The molecular weight excluding hydrogens is 525 g/mol. The van der Waals surface area contributed by atoms with Gasteiger partial charge in [0.1, 0.15) is 6.15 Å². The van der Waals surface area contributed by atoms with Crippen molar-refractivity contribution < 1.29 is 14.0 Å². The van der Waals surface area contributed by atoms with Gasteiger partial charge in [0.15, 0.2) is 0 Å². The fourth-order valence-corrected chi connectivity index (χ4v) is 6.85. The monoisotopic (exact) mass is 575 g/mol. The summed E-state index contributed by atoms with van der Waals surface area (Å²) in [6.07, 6.45) is 4.60. The second kappa shape index (κ2) is 17.9. The standard InChI is InChI=1S/C24H20B.C15H30NO2/c1-5-13-21(14-6-1)25(22-15-7-2-8-16-22,23-17-9-3-10-18-23)24-19-11-4-12-20-24;1-5-10-16(11-6-2,12-7-3)13-9-14-18-15(17)8-4/h1-20H;8H,4-7,9-14H2,1-3H3/q-1;+1. The molecule has 0 fully saturated rings.